The zero-order valence-corrected chi connectivity index (χ0v) is 15.7. The first kappa shape index (κ1) is 17.3. The number of benzene rings is 2. The van der Waals surface area contributed by atoms with E-state index in [1.165, 1.54) is 0 Å². The number of nitrogens with zero attached hydrogens (tertiary/aromatic N) is 3. The van der Waals surface area contributed by atoms with Crippen molar-refractivity contribution in [2.24, 2.45) is 4.99 Å². The van der Waals surface area contributed by atoms with Crippen molar-refractivity contribution in [1.29, 1.82) is 0 Å². The molecule has 25 heavy (non-hydrogen) atoms. The van der Waals surface area contributed by atoms with Gasteiger partial charge in [-0.15, -0.1) is 0 Å². The topological polar surface area (TPSA) is 20.5 Å². The lowest BCUT2D eigenvalue weighted by Gasteiger charge is -2.11. The van der Waals surface area contributed by atoms with Crippen molar-refractivity contribution in [3.63, 3.8) is 0 Å². The fourth-order valence-corrected chi connectivity index (χ4v) is 3.10. The van der Waals surface area contributed by atoms with E-state index in [1.807, 2.05) is 50.6 Å². The molecule has 0 saturated heterocycles. The highest BCUT2D eigenvalue weighted by atomic mass is 35.5. The first-order chi connectivity index (χ1) is 12.0. The van der Waals surface area contributed by atoms with Crippen molar-refractivity contribution < 1.29 is 0 Å². The Hall–Kier alpha value is -2.52. The van der Waals surface area contributed by atoms with Gasteiger partial charge in [0.2, 0.25) is 0 Å². The Morgan fingerprint density at radius 2 is 1.72 bits per heavy atom. The Bertz CT molecular complexity index is 905. The number of hydrogen-bond acceptors (Lipinski definition) is 2. The minimum absolute atomic E-state index is 0.737. The van der Waals surface area contributed by atoms with Crippen molar-refractivity contribution in [3.05, 3.63) is 76.6 Å². The summed E-state index contributed by atoms with van der Waals surface area (Å²) in [6.07, 6.45) is 1.92. The van der Waals surface area contributed by atoms with Crippen LogP contribution in [0.5, 0.6) is 0 Å². The minimum atomic E-state index is 0.737. The second kappa shape index (κ2) is 7.16. The van der Waals surface area contributed by atoms with E-state index in [0.29, 0.717) is 0 Å². The van der Waals surface area contributed by atoms with E-state index in [-0.39, 0.29) is 0 Å². The lowest BCUT2D eigenvalue weighted by molar-refractivity contribution is 0.965. The molecule has 0 amide bonds. The Labute approximate surface area is 154 Å². The summed E-state index contributed by atoms with van der Waals surface area (Å²) in [5, 5.41) is 0.737. The molecule has 0 fully saturated rings. The van der Waals surface area contributed by atoms with Gasteiger partial charge in [0.1, 0.15) is 0 Å². The van der Waals surface area contributed by atoms with Crippen LogP contribution in [0.3, 0.4) is 0 Å². The summed E-state index contributed by atoms with van der Waals surface area (Å²) in [5.74, 6) is 0. The Morgan fingerprint density at radius 3 is 2.36 bits per heavy atom. The van der Waals surface area contributed by atoms with Gasteiger partial charge < -0.3 is 9.47 Å². The van der Waals surface area contributed by atoms with E-state index < -0.39 is 0 Å². The monoisotopic (exact) mass is 351 g/mol. The minimum Gasteiger partial charge on any atom is -0.378 e. The molecule has 0 bridgehead atoms. The molecule has 0 saturated carbocycles. The highest BCUT2D eigenvalue weighted by molar-refractivity contribution is 6.30. The Balaban J connectivity index is 1.90. The third kappa shape index (κ3) is 3.77. The molecule has 3 rings (SSSR count). The van der Waals surface area contributed by atoms with Gasteiger partial charge in [0.15, 0.2) is 0 Å². The predicted molar refractivity (Wildman–Crippen MR) is 108 cm³/mol. The molecule has 0 aliphatic rings. The molecule has 1 heterocycles. The molecule has 3 aromatic rings. The normalized spacial score (nSPS) is 11.2. The summed E-state index contributed by atoms with van der Waals surface area (Å²) in [7, 11) is 4.06. The van der Waals surface area contributed by atoms with E-state index >= 15 is 0 Å². The number of rotatable bonds is 4. The van der Waals surface area contributed by atoms with Gasteiger partial charge in [0, 0.05) is 53.7 Å². The molecule has 0 unspecified atom stereocenters. The maximum atomic E-state index is 6.14. The Morgan fingerprint density at radius 1 is 1.00 bits per heavy atom. The lowest BCUT2D eigenvalue weighted by Crippen LogP contribution is -2.07. The molecule has 0 spiro atoms. The number of aryl methyl sites for hydroxylation is 1. The number of halogens is 1. The zero-order valence-electron chi connectivity index (χ0n) is 15.0. The summed E-state index contributed by atoms with van der Waals surface area (Å²) in [4.78, 5) is 6.70. The molecule has 4 heteroatoms. The van der Waals surface area contributed by atoms with Gasteiger partial charge in [-0.25, -0.2) is 0 Å². The molecule has 2 aromatic carbocycles. The maximum absolute atomic E-state index is 6.14. The third-order valence-corrected chi connectivity index (χ3v) is 4.49. The summed E-state index contributed by atoms with van der Waals surface area (Å²) >= 11 is 6.14. The maximum Gasteiger partial charge on any atom is 0.0631 e. The van der Waals surface area contributed by atoms with E-state index in [2.05, 4.69) is 52.6 Å². The molecule has 1 aromatic heterocycles. The van der Waals surface area contributed by atoms with Crippen LogP contribution in [0.15, 0.2) is 59.6 Å². The van der Waals surface area contributed by atoms with Crippen LogP contribution >= 0.6 is 11.6 Å². The van der Waals surface area contributed by atoms with Crippen LogP contribution in [0.1, 0.15) is 17.0 Å². The fourth-order valence-electron chi connectivity index (χ4n) is 2.91. The van der Waals surface area contributed by atoms with Crippen LogP contribution < -0.4 is 4.90 Å². The van der Waals surface area contributed by atoms with Gasteiger partial charge in [0.25, 0.3) is 0 Å². The van der Waals surface area contributed by atoms with Gasteiger partial charge in [-0.3, -0.25) is 4.99 Å². The highest BCUT2D eigenvalue weighted by Crippen LogP contribution is 2.23. The standard InChI is InChI=1S/C21H22ClN3/c1-15-12-17(14-23-19-8-10-20(11-9-19)24(3)4)16(2)25(15)21-7-5-6-18(22)13-21/h5-14H,1-4H3. The van der Waals surface area contributed by atoms with Crippen LogP contribution in [0.2, 0.25) is 5.02 Å². The van der Waals surface area contributed by atoms with Gasteiger partial charge in [-0.05, 0) is 62.4 Å². The van der Waals surface area contributed by atoms with Crippen LogP contribution in [0.25, 0.3) is 5.69 Å². The predicted octanol–water partition coefficient (Wildman–Crippen LogP) is 5.56. The van der Waals surface area contributed by atoms with Gasteiger partial charge in [-0.1, -0.05) is 17.7 Å². The summed E-state index contributed by atoms with van der Waals surface area (Å²) in [5.41, 5.74) is 6.58. The van der Waals surface area contributed by atoms with E-state index in [1.54, 1.807) is 0 Å². The van der Waals surface area contributed by atoms with Crippen molar-refractivity contribution in [1.82, 2.24) is 4.57 Å². The van der Waals surface area contributed by atoms with Crippen molar-refractivity contribution >= 4 is 29.2 Å². The zero-order chi connectivity index (χ0) is 18.0. The lowest BCUT2D eigenvalue weighted by atomic mass is 10.2. The first-order valence-electron chi connectivity index (χ1n) is 8.22. The molecule has 0 aliphatic heterocycles. The second-order valence-electron chi connectivity index (χ2n) is 6.31. The summed E-state index contributed by atoms with van der Waals surface area (Å²) in [6, 6.07) is 18.2. The largest absolute Gasteiger partial charge is 0.378 e. The van der Waals surface area contributed by atoms with Gasteiger partial charge in [-0.2, -0.15) is 0 Å². The summed E-state index contributed by atoms with van der Waals surface area (Å²) in [6.45, 7) is 4.20. The average molecular weight is 352 g/mol. The molecule has 128 valence electrons. The van der Waals surface area contributed by atoms with E-state index in [4.69, 9.17) is 11.6 Å². The van der Waals surface area contributed by atoms with Crippen LogP contribution in [-0.4, -0.2) is 24.9 Å². The van der Waals surface area contributed by atoms with E-state index in [9.17, 15) is 0 Å². The van der Waals surface area contributed by atoms with Crippen LogP contribution in [0, 0.1) is 13.8 Å². The molecule has 3 nitrogen and oxygen atoms in total. The second-order valence-corrected chi connectivity index (χ2v) is 6.75. The van der Waals surface area contributed by atoms with Gasteiger partial charge >= 0.3 is 0 Å². The molecule has 0 N–H and O–H groups in total. The first-order valence-corrected chi connectivity index (χ1v) is 8.60. The number of anilines is 1. The fraction of sp³-hybridized carbons (Fsp3) is 0.190. The van der Waals surface area contributed by atoms with Crippen LogP contribution in [-0.2, 0) is 0 Å². The SMILES string of the molecule is Cc1cc(C=Nc2ccc(N(C)C)cc2)c(C)n1-c1cccc(Cl)c1. The third-order valence-electron chi connectivity index (χ3n) is 4.26. The quantitative estimate of drug-likeness (QED) is 0.563. The highest BCUT2D eigenvalue weighted by Gasteiger charge is 2.09. The molecule has 0 radical (unpaired) electrons. The molecular formula is C21H22ClN3. The Kier molecular flexibility index (Phi) is 4.95. The van der Waals surface area contributed by atoms with Crippen LogP contribution in [0.4, 0.5) is 11.4 Å². The smallest absolute Gasteiger partial charge is 0.0631 e. The average Bonchev–Trinajstić information content (AvgIpc) is 2.87. The number of aliphatic imine (C=N–C) groups is 1. The molecule has 0 aliphatic carbocycles. The van der Waals surface area contributed by atoms with Crippen molar-refractivity contribution in [2.75, 3.05) is 19.0 Å². The summed E-state index contributed by atoms with van der Waals surface area (Å²) < 4.78 is 2.20. The van der Waals surface area contributed by atoms with E-state index in [0.717, 1.165) is 39.0 Å². The molecule has 0 atom stereocenters. The van der Waals surface area contributed by atoms with Crippen molar-refractivity contribution in [2.45, 2.75) is 13.8 Å². The molecular weight excluding hydrogens is 330 g/mol. The number of aromatic nitrogens is 1. The number of hydrogen-bond donors (Lipinski definition) is 0. The van der Waals surface area contributed by atoms with Gasteiger partial charge in [0.05, 0.1) is 5.69 Å². The van der Waals surface area contributed by atoms with Crippen molar-refractivity contribution in [3.8, 4) is 5.69 Å².